The zero-order valence-corrected chi connectivity index (χ0v) is 13.8. The number of hydrogen-bond acceptors (Lipinski definition) is 2. The molecule has 0 aromatic heterocycles. The van der Waals surface area contributed by atoms with Crippen molar-refractivity contribution >= 4 is 18.3 Å². The van der Waals surface area contributed by atoms with Gasteiger partial charge in [0, 0.05) is 19.0 Å². The molecule has 23 heavy (non-hydrogen) atoms. The average molecular weight is 351 g/mol. The summed E-state index contributed by atoms with van der Waals surface area (Å²) in [7, 11) is 0. The van der Waals surface area contributed by atoms with Gasteiger partial charge in [0.25, 0.3) is 0 Å². The van der Waals surface area contributed by atoms with Crippen LogP contribution < -0.4 is 5.73 Å². The minimum Gasteiger partial charge on any atom is -0.342 e. The maximum Gasteiger partial charge on any atom is 0.416 e. The molecular weight excluding hydrogens is 329 g/mol. The molecular formula is C16H22ClF3N2O. The zero-order chi connectivity index (χ0) is 16.3. The summed E-state index contributed by atoms with van der Waals surface area (Å²) < 4.78 is 37.5. The molecule has 2 rings (SSSR count). The number of nitrogens with zero attached hydrogens (tertiary/aromatic N) is 1. The number of benzene rings is 1. The van der Waals surface area contributed by atoms with Crippen molar-refractivity contribution in [3.63, 3.8) is 0 Å². The number of nitrogens with two attached hydrogens (primary N) is 1. The molecule has 0 spiro atoms. The lowest BCUT2D eigenvalue weighted by Gasteiger charge is -2.21. The fourth-order valence-electron chi connectivity index (χ4n) is 2.81. The number of amides is 1. The molecule has 1 aliphatic heterocycles. The highest BCUT2D eigenvalue weighted by molar-refractivity contribution is 5.85. The Hall–Kier alpha value is -1.27. The molecule has 7 heteroatoms. The zero-order valence-electron chi connectivity index (χ0n) is 13.0. The Morgan fingerprint density at radius 3 is 2.43 bits per heavy atom. The van der Waals surface area contributed by atoms with Gasteiger partial charge in [-0.2, -0.15) is 13.2 Å². The number of likely N-dealkylation sites (tertiary alicyclic amines) is 1. The van der Waals surface area contributed by atoms with Crippen molar-refractivity contribution in [2.75, 3.05) is 19.6 Å². The third kappa shape index (κ3) is 5.11. The molecule has 1 saturated heterocycles. The second kappa shape index (κ2) is 8.02. The molecule has 1 heterocycles. The maximum atomic E-state index is 12.5. The summed E-state index contributed by atoms with van der Waals surface area (Å²) in [6, 6.07) is 5.01. The summed E-state index contributed by atoms with van der Waals surface area (Å²) in [6.07, 6.45) is -2.96. The van der Waals surface area contributed by atoms with Crippen LogP contribution in [0.4, 0.5) is 13.2 Å². The highest BCUT2D eigenvalue weighted by atomic mass is 35.5. The monoisotopic (exact) mass is 350 g/mol. The molecule has 2 N–H and O–H groups in total. The Balaban J connectivity index is 0.00000264. The number of hydrogen-bond donors (Lipinski definition) is 1. The summed E-state index contributed by atoms with van der Waals surface area (Å²) in [5, 5.41) is 0. The predicted octanol–water partition coefficient (Wildman–Crippen LogP) is 3.11. The van der Waals surface area contributed by atoms with Gasteiger partial charge in [-0.1, -0.05) is 19.1 Å². The molecule has 130 valence electrons. The SMILES string of the molecule is CC(Cc1ccc(C(F)(F)F)cc1)C(=O)N1CCC(CN)C1.Cl. The van der Waals surface area contributed by atoms with Crippen molar-refractivity contribution in [2.24, 2.45) is 17.6 Å². The Labute approximate surface area is 140 Å². The first-order chi connectivity index (χ1) is 10.3. The van der Waals surface area contributed by atoms with E-state index in [9.17, 15) is 18.0 Å². The number of carbonyl (C=O) groups is 1. The van der Waals surface area contributed by atoms with E-state index in [1.807, 2.05) is 11.8 Å². The maximum absolute atomic E-state index is 12.5. The number of rotatable bonds is 4. The van der Waals surface area contributed by atoms with E-state index in [1.54, 1.807) is 0 Å². The van der Waals surface area contributed by atoms with Gasteiger partial charge in [-0.3, -0.25) is 4.79 Å². The highest BCUT2D eigenvalue weighted by Crippen LogP contribution is 2.29. The van der Waals surface area contributed by atoms with E-state index < -0.39 is 11.7 Å². The Kier molecular flexibility index (Phi) is 6.89. The molecule has 1 aromatic carbocycles. The normalized spacial score (nSPS) is 19.3. The first-order valence-electron chi connectivity index (χ1n) is 7.46. The fraction of sp³-hybridized carbons (Fsp3) is 0.562. The van der Waals surface area contributed by atoms with Gasteiger partial charge in [0.2, 0.25) is 5.91 Å². The van der Waals surface area contributed by atoms with Crippen molar-refractivity contribution < 1.29 is 18.0 Å². The van der Waals surface area contributed by atoms with Crippen LogP contribution in [-0.4, -0.2) is 30.4 Å². The van der Waals surface area contributed by atoms with Crippen LogP contribution in [0.25, 0.3) is 0 Å². The molecule has 2 unspecified atom stereocenters. The van der Waals surface area contributed by atoms with E-state index in [2.05, 4.69) is 0 Å². The van der Waals surface area contributed by atoms with E-state index in [0.717, 1.165) is 30.7 Å². The first kappa shape index (κ1) is 19.8. The van der Waals surface area contributed by atoms with Crippen molar-refractivity contribution in [1.29, 1.82) is 0 Å². The topological polar surface area (TPSA) is 46.3 Å². The summed E-state index contributed by atoms with van der Waals surface area (Å²) in [6.45, 7) is 3.80. The van der Waals surface area contributed by atoms with Crippen LogP contribution in [0, 0.1) is 11.8 Å². The van der Waals surface area contributed by atoms with Crippen LogP contribution >= 0.6 is 12.4 Å². The summed E-state index contributed by atoms with van der Waals surface area (Å²) in [5.74, 6) is 0.173. The molecule has 0 radical (unpaired) electrons. The summed E-state index contributed by atoms with van der Waals surface area (Å²) >= 11 is 0. The van der Waals surface area contributed by atoms with Gasteiger partial charge in [-0.05, 0) is 43.0 Å². The molecule has 3 nitrogen and oxygen atoms in total. The van der Waals surface area contributed by atoms with Crippen molar-refractivity contribution in [1.82, 2.24) is 4.90 Å². The molecule has 0 saturated carbocycles. The van der Waals surface area contributed by atoms with E-state index in [4.69, 9.17) is 5.73 Å². The van der Waals surface area contributed by atoms with Crippen molar-refractivity contribution in [3.8, 4) is 0 Å². The Morgan fingerprint density at radius 2 is 1.96 bits per heavy atom. The first-order valence-corrected chi connectivity index (χ1v) is 7.46. The van der Waals surface area contributed by atoms with Gasteiger partial charge < -0.3 is 10.6 Å². The number of halogens is 4. The van der Waals surface area contributed by atoms with E-state index in [-0.39, 0.29) is 24.2 Å². The number of alkyl halides is 3. The largest absolute Gasteiger partial charge is 0.416 e. The smallest absolute Gasteiger partial charge is 0.342 e. The van der Waals surface area contributed by atoms with Crippen molar-refractivity contribution in [2.45, 2.75) is 25.9 Å². The molecule has 1 fully saturated rings. The lowest BCUT2D eigenvalue weighted by Crippen LogP contribution is -2.34. The highest BCUT2D eigenvalue weighted by Gasteiger charge is 2.31. The van der Waals surface area contributed by atoms with Gasteiger partial charge in [-0.15, -0.1) is 12.4 Å². The van der Waals surface area contributed by atoms with Crippen LogP contribution in [0.5, 0.6) is 0 Å². The Bertz CT molecular complexity index is 519. The lowest BCUT2D eigenvalue weighted by atomic mass is 9.99. The molecule has 0 aliphatic carbocycles. The minimum atomic E-state index is -4.33. The van der Waals surface area contributed by atoms with Gasteiger partial charge in [0.05, 0.1) is 5.56 Å². The molecule has 1 aliphatic rings. The van der Waals surface area contributed by atoms with Gasteiger partial charge in [0.1, 0.15) is 0 Å². The Morgan fingerprint density at radius 1 is 1.35 bits per heavy atom. The van der Waals surface area contributed by atoms with Gasteiger partial charge in [0.15, 0.2) is 0 Å². The molecule has 1 amide bonds. The summed E-state index contributed by atoms with van der Waals surface area (Å²) in [4.78, 5) is 14.2. The van der Waals surface area contributed by atoms with Crippen molar-refractivity contribution in [3.05, 3.63) is 35.4 Å². The van der Waals surface area contributed by atoms with Crippen LogP contribution in [0.15, 0.2) is 24.3 Å². The third-order valence-electron chi connectivity index (χ3n) is 4.18. The summed E-state index contributed by atoms with van der Waals surface area (Å²) in [5.41, 5.74) is 5.69. The van der Waals surface area contributed by atoms with Crippen LogP contribution in [0.2, 0.25) is 0 Å². The third-order valence-corrected chi connectivity index (χ3v) is 4.18. The van der Waals surface area contributed by atoms with E-state index in [1.165, 1.54) is 12.1 Å². The standard InChI is InChI=1S/C16H21F3N2O.ClH/c1-11(15(22)21-7-6-13(9-20)10-21)8-12-2-4-14(5-3-12)16(17,18)19;/h2-5,11,13H,6-10,20H2,1H3;1H. The lowest BCUT2D eigenvalue weighted by molar-refractivity contribution is -0.137. The fourth-order valence-corrected chi connectivity index (χ4v) is 2.81. The quantitative estimate of drug-likeness (QED) is 0.907. The van der Waals surface area contributed by atoms with Crippen LogP contribution in [0.1, 0.15) is 24.5 Å². The minimum absolute atomic E-state index is 0. The van der Waals surface area contributed by atoms with Crippen LogP contribution in [-0.2, 0) is 17.4 Å². The van der Waals surface area contributed by atoms with E-state index >= 15 is 0 Å². The molecule has 2 atom stereocenters. The number of carbonyl (C=O) groups excluding carboxylic acids is 1. The average Bonchev–Trinajstić information content (AvgIpc) is 2.95. The molecule has 0 bridgehead atoms. The van der Waals surface area contributed by atoms with E-state index in [0.29, 0.717) is 25.4 Å². The van der Waals surface area contributed by atoms with Gasteiger partial charge in [-0.25, -0.2) is 0 Å². The second-order valence-corrected chi connectivity index (χ2v) is 5.97. The molecule has 1 aromatic rings. The predicted molar refractivity (Wildman–Crippen MR) is 85.3 cm³/mol. The second-order valence-electron chi connectivity index (χ2n) is 5.97. The van der Waals surface area contributed by atoms with Gasteiger partial charge >= 0.3 is 6.18 Å². The van der Waals surface area contributed by atoms with Crippen LogP contribution in [0.3, 0.4) is 0 Å².